The summed E-state index contributed by atoms with van der Waals surface area (Å²) in [5.74, 6) is -0.300. The number of carbonyl (C=O) groups excluding carboxylic acids is 1. The van der Waals surface area contributed by atoms with E-state index in [1.165, 1.54) is 0 Å². The Balaban J connectivity index is 2.92. The fourth-order valence-corrected chi connectivity index (χ4v) is 1.70. The summed E-state index contributed by atoms with van der Waals surface area (Å²) in [5.41, 5.74) is 2.29. The maximum absolute atomic E-state index is 11.3. The molecule has 0 spiro atoms. The van der Waals surface area contributed by atoms with Gasteiger partial charge in [0.1, 0.15) is 0 Å². The van der Waals surface area contributed by atoms with Gasteiger partial charge in [-0.2, -0.15) is 5.26 Å². The van der Waals surface area contributed by atoms with E-state index in [0.717, 1.165) is 11.1 Å². The molecule has 0 saturated carbocycles. The number of rotatable bonds is 4. The third kappa shape index (κ3) is 3.35. The first kappa shape index (κ1) is 12.7. The molecule has 0 saturated heterocycles. The van der Waals surface area contributed by atoms with Crippen LogP contribution in [0, 0.1) is 11.3 Å². The molecule has 0 radical (unpaired) electrons. The second kappa shape index (κ2) is 6.29. The van der Waals surface area contributed by atoms with Crippen molar-refractivity contribution in [2.24, 2.45) is 0 Å². The first-order valence-electron chi connectivity index (χ1n) is 4.94. The van der Waals surface area contributed by atoms with Crippen LogP contribution in [0.3, 0.4) is 0 Å². The fraction of sp³-hybridized carbons (Fsp3) is 0.333. The molecule has 16 heavy (non-hydrogen) atoms. The lowest BCUT2D eigenvalue weighted by Crippen LogP contribution is -2.09. The highest BCUT2D eigenvalue weighted by Gasteiger charge is 2.09. The molecule has 84 valence electrons. The number of hydrogen-bond donors (Lipinski definition) is 0. The zero-order valence-electron chi connectivity index (χ0n) is 9.00. The van der Waals surface area contributed by atoms with E-state index in [1.54, 1.807) is 13.0 Å². The first-order chi connectivity index (χ1) is 7.71. The number of benzene rings is 1. The Labute approximate surface area is 103 Å². The van der Waals surface area contributed by atoms with Gasteiger partial charge in [0, 0.05) is 5.33 Å². The highest BCUT2D eigenvalue weighted by molar-refractivity contribution is 9.08. The minimum absolute atomic E-state index is 0.150. The van der Waals surface area contributed by atoms with Crippen molar-refractivity contribution >= 4 is 21.9 Å². The van der Waals surface area contributed by atoms with Crippen molar-refractivity contribution < 1.29 is 9.53 Å². The third-order valence-corrected chi connectivity index (χ3v) is 2.73. The van der Waals surface area contributed by atoms with Crippen LogP contribution >= 0.6 is 15.9 Å². The van der Waals surface area contributed by atoms with Crippen LogP contribution < -0.4 is 0 Å². The molecular formula is C12H12BrNO2. The molecule has 1 aromatic rings. The van der Waals surface area contributed by atoms with Crippen molar-refractivity contribution in [2.45, 2.75) is 18.7 Å². The van der Waals surface area contributed by atoms with E-state index in [2.05, 4.69) is 22.0 Å². The van der Waals surface area contributed by atoms with E-state index in [0.29, 0.717) is 17.5 Å². The van der Waals surface area contributed by atoms with Crippen molar-refractivity contribution in [3.63, 3.8) is 0 Å². The van der Waals surface area contributed by atoms with E-state index >= 15 is 0 Å². The largest absolute Gasteiger partial charge is 0.466 e. The van der Waals surface area contributed by atoms with E-state index < -0.39 is 0 Å². The summed E-state index contributed by atoms with van der Waals surface area (Å²) in [5, 5.41) is 9.61. The van der Waals surface area contributed by atoms with Crippen molar-refractivity contribution in [1.29, 1.82) is 5.26 Å². The molecule has 4 heteroatoms. The van der Waals surface area contributed by atoms with Gasteiger partial charge in [0.05, 0.1) is 24.7 Å². The van der Waals surface area contributed by atoms with E-state index in [1.807, 2.05) is 12.1 Å². The predicted octanol–water partition coefficient (Wildman–Crippen LogP) is 2.56. The Morgan fingerprint density at radius 2 is 2.31 bits per heavy atom. The number of alkyl halides is 1. The van der Waals surface area contributed by atoms with Gasteiger partial charge in [-0.15, -0.1) is 0 Å². The quantitative estimate of drug-likeness (QED) is 0.630. The number of carbonyl (C=O) groups is 1. The van der Waals surface area contributed by atoms with Gasteiger partial charge < -0.3 is 4.74 Å². The maximum atomic E-state index is 11.3. The average molecular weight is 282 g/mol. The van der Waals surface area contributed by atoms with Gasteiger partial charge >= 0.3 is 5.97 Å². The summed E-state index contributed by atoms with van der Waals surface area (Å²) >= 11 is 3.34. The smallest absolute Gasteiger partial charge is 0.310 e. The van der Waals surface area contributed by atoms with Crippen LogP contribution in [0.5, 0.6) is 0 Å². The minimum Gasteiger partial charge on any atom is -0.466 e. The number of nitriles is 1. The zero-order valence-corrected chi connectivity index (χ0v) is 10.6. The lowest BCUT2D eigenvalue weighted by Gasteiger charge is -2.05. The predicted molar refractivity (Wildman–Crippen MR) is 64.1 cm³/mol. The van der Waals surface area contributed by atoms with Crippen LogP contribution in [0.1, 0.15) is 23.6 Å². The SMILES string of the molecule is CCOC(=O)Cc1cc(CBr)ccc1C#N. The van der Waals surface area contributed by atoms with Gasteiger partial charge in [-0.25, -0.2) is 0 Å². The van der Waals surface area contributed by atoms with E-state index in [9.17, 15) is 4.79 Å². The average Bonchev–Trinajstić information content (AvgIpc) is 2.29. The molecule has 3 nitrogen and oxygen atoms in total. The molecule has 0 aliphatic heterocycles. The van der Waals surface area contributed by atoms with Crippen molar-refractivity contribution in [2.75, 3.05) is 6.61 Å². The van der Waals surface area contributed by atoms with Gasteiger partial charge in [-0.1, -0.05) is 28.1 Å². The standard InChI is InChI=1S/C12H12BrNO2/c1-2-16-12(15)6-11-5-9(7-13)3-4-10(11)8-14/h3-5H,2,6-7H2,1H3. The molecule has 1 rings (SSSR count). The topological polar surface area (TPSA) is 50.1 Å². The second-order valence-corrected chi connectivity index (χ2v) is 3.78. The number of nitrogens with zero attached hydrogens (tertiary/aromatic N) is 1. The van der Waals surface area contributed by atoms with Gasteiger partial charge in [0.15, 0.2) is 0 Å². The monoisotopic (exact) mass is 281 g/mol. The number of esters is 1. The van der Waals surface area contributed by atoms with Crippen LogP contribution in [0.15, 0.2) is 18.2 Å². The number of halogens is 1. The van der Waals surface area contributed by atoms with Crippen molar-refractivity contribution in [3.05, 3.63) is 34.9 Å². The molecule has 0 fully saturated rings. The summed E-state index contributed by atoms with van der Waals surface area (Å²) in [7, 11) is 0. The third-order valence-electron chi connectivity index (χ3n) is 2.08. The molecule has 1 aromatic carbocycles. The highest BCUT2D eigenvalue weighted by Crippen LogP contribution is 2.14. The molecule has 0 atom stereocenters. The Morgan fingerprint density at radius 3 is 2.88 bits per heavy atom. The summed E-state index contributed by atoms with van der Waals surface area (Å²) < 4.78 is 4.86. The van der Waals surface area contributed by atoms with E-state index in [-0.39, 0.29) is 12.4 Å². The second-order valence-electron chi connectivity index (χ2n) is 3.22. The van der Waals surface area contributed by atoms with Crippen LogP contribution in [0.25, 0.3) is 0 Å². The summed E-state index contributed by atoms with van der Waals surface area (Å²) in [4.78, 5) is 11.3. The normalized spacial score (nSPS) is 9.56. The lowest BCUT2D eigenvalue weighted by molar-refractivity contribution is -0.142. The Kier molecular flexibility index (Phi) is 5.00. The molecule has 0 unspecified atom stereocenters. The van der Waals surface area contributed by atoms with Crippen LogP contribution in [-0.4, -0.2) is 12.6 Å². The van der Waals surface area contributed by atoms with Crippen molar-refractivity contribution in [1.82, 2.24) is 0 Å². The molecule has 0 aliphatic carbocycles. The number of hydrogen-bond acceptors (Lipinski definition) is 3. The Hall–Kier alpha value is -1.34. The van der Waals surface area contributed by atoms with E-state index in [4.69, 9.17) is 10.00 Å². The Morgan fingerprint density at radius 1 is 1.56 bits per heavy atom. The zero-order chi connectivity index (χ0) is 12.0. The molecule has 0 aliphatic rings. The van der Waals surface area contributed by atoms with Crippen molar-refractivity contribution in [3.8, 4) is 6.07 Å². The molecule has 0 N–H and O–H groups in total. The van der Waals surface area contributed by atoms with Gasteiger partial charge in [-0.3, -0.25) is 4.79 Å². The van der Waals surface area contributed by atoms with Gasteiger partial charge in [0.25, 0.3) is 0 Å². The summed E-state index contributed by atoms with van der Waals surface area (Å²) in [6.45, 7) is 2.12. The highest BCUT2D eigenvalue weighted by atomic mass is 79.9. The summed E-state index contributed by atoms with van der Waals surface area (Å²) in [6, 6.07) is 7.51. The Bertz CT molecular complexity index is 424. The molecule has 0 aromatic heterocycles. The lowest BCUT2D eigenvalue weighted by atomic mass is 10.0. The molecule has 0 amide bonds. The van der Waals surface area contributed by atoms with Crippen LogP contribution in [0.2, 0.25) is 0 Å². The van der Waals surface area contributed by atoms with Crippen LogP contribution in [0.4, 0.5) is 0 Å². The van der Waals surface area contributed by atoms with Crippen LogP contribution in [-0.2, 0) is 21.3 Å². The molecule has 0 heterocycles. The fourth-order valence-electron chi connectivity index (χ4n) is 1.35. The first-order valence-corrected chi connectivity index (χ1v) is 6.07. The molecule has 0 bridgehead atoms. The number of ether oxygens (including phenoxy) is 1. The minimum atomic E-state index is -0.300. The summed E-state index contributed by atoms with van der Waals surface area (Å²) in [6.07, 6.45) is 0.150. The molecular weight excluding hydrogens is 270 g/mol. The maximum Gasteiger partial charge on any atom is 0.310 e. The van der Waals surface area contributed by atoms with Gasteiger partial charge in [-0.05, 0) is 24.1 Å². The van der Waals surface area contributed by atoms with Gasteiger partial charge in [0.2, 0.25) is 0 Å².